The Kier molecular flexibility index (Phi) is 7.21. The molecule has 25 heavy (non-hydrogen) atoms. The van der Waals surface area contributed by atoms with Crippen LogP contribution in [0.5, 0.6) is 0 Å². The fourth-order valence-electron chi connectivity index (χ4n) is 2.41. The minimum atomic E-state index is -0.522. The van der Waals surface area contributed by atoms with Crippen molar-refractivity contribution in [3.05, 3.63) is 35.0 Å². The maximum atomic E-state index is 12.0. The molecule has 0 bridgehead atoms. The van der Waals surface area contributed by atoms with E-state index in [0.29, 0.717) is 17.4 Å². The van der Waals surface area contributed by atoms with Gasteiger partial charge in [-0.05, 0) is 50.3 Å². The van der Waals surface area contributed by atoms with E-state index in [2.05, 4.69) is 34.3 Å². The molecule has 8 heteroatoms. The molecular formula is C17H24ClN5O2. The monoisotopic (exact) mass is 365 g/mol. The van der Waals surface area contributed by atoms with Crippen LogP contribution < -0.4 is 5.32 Å². The van der Waals surface area contributed by atoms with E-state index in [1.165, 1.54) is 11.9 Å². The first-order valence-corrected chi connectivity index (χ1v) is 8.73. The van der Waals surface area contributed by atoms with Crippen LogP contribution in [0.2, 0.25) is 5.02 Å². The molecule has 1 heterocycles. The molecule has 0 unspecified atom stereocenters. The first-order chi connectivity index (χ1) is 12.1. The number of ether oxygens (including phenoxy) is 1. The zero-order valence-corrected chi connectivity index (χ0v) is 15.6. The van der Waals surface area contributed by atoms with Gasteiger partial charge in [-0.25, -0.2) is 4.79 Å². The van der Waals surface area contributed by atoms with Crippen LogP contribution in [0.4, 0.5) is 11.5 Å². The molecule has 2 rings (SSSR count). The molecule has 2 aromatic rings. The second-order valence-corrected chi connectivity index (χ2v) is 5.93. The smallest absolute Gasteiger partial charge is 0.362 e. The highest BCUT2D eigenvalue weighted by Crippen LogP contribution is 2.20. The first kappa shape index (κ1) is 19.2. The van der Waals surface area contributed by atoms with Gasteiger partial charge in [-0.2, -0.15) is 4.80 Å². The molecule has 0 atom stereocenters. The third-order valence-electron chi connectivity index (χ3n) is 3.87. The highest BCUT2D eigenvalue weighted by atomic mass is 35.5. The summed E-state index contributed by atoms with van der Waals surface area (Å²) in [7, 11) is 1.33. The molecular weight excluding hydrogens is 342 g/mol. The largest absolute Gasteiger partial charge is 0.464 e. The standard InChI is InChI=1S/C17H24ClN5O2/c1-4-22(5-2)11-6-12-23-20-15(17(24)25-3)16(21-23)19-14-9-7-13(18)8-10-14/h7-10H,4-6,11-12H2,1-3H3,(H,19,21). The molecule has 0 radical (unpaired) electrons. The lowest BCUT2D eigenvalue weighted by Gasteiger charge is -2.17. The number of nitrogens with zero attached hydrogens (tertiary/aromatic N) is 4. The average Bonchev–Trinajstić information content (AvgIpc) is 3.02. The van der Waals surface area contributed by atoms with E-state index in [9.17, 15) is 4.79 Å². The second-order valence-electron chi connectivity index (χ2n) is 5.50. The summed E-state index contributed by atoms with van der Waals surface area (Å²) < 4.78 is 4.80. The summed E-state index contributed by atoms with van der Waals surface area (Å²) in [5.74, 6) is -0.150. The minimum Gasteiger partial charge on any atom is -0.464 e. The number of anilines is 2. The van der Waals surface area contributed by atoms with E-state index in [-0.39, 0.29) is 5.69 Å². The van der Waals surface area contributed by atoms with Crippen molar-refractivity contribution in [2.45, 2.75) is 26.8 Å². The Balaban J connectivity index is 2.10. The number of hydrogen-bond acceptors (Lipinski definition) is 6. The number of benzene rings is 1. The number of halogens is 1. The lowest BCUT2D eigenvalue weighted by molar-refractivity contribution is 0.0594. The molecule has 136 valence electrons. The van der Waals surface area contributed by atoms with E-state index in [0.717, 1.165) is 31.7 Å². The summed E-state index contributed by atoms with van der Waals surface area (Å²) in [4.78, 5) is 15.8. The van der Waals surface area contributed by atoms with Crippen LogP contribution >= 0.6 is 11.6 Å². The summed E-state index contributed by atoms with van der Waals surface area (Å²) >= 11 is 5.89. The summed E-state index contributed by atoms with van der Waals surface area (Å²) in [5.41, 5.74) is 0.935. The molecule has 0 saturated carbocycles. The molecule has 0 aliphatic heterocycles. The van der Waals surface area contributed by atoms with Crippen LogP contribution in [0.15, 0.2) is 24.3 Å². The van der Waals surface area contributed by atoms with E-state index in [1.54, 1.807) is 12.1 Å². The molecule has 0 saturated heterocycles. The number of rotatable bonds is 9. The SMILES string of the molecule is CCN(CC)CCCn1nc(Nc2ccc(Cl)cc2)c(C(=O)OC)n1. The Morgan fingerprint density at radius 2 is 1.92 bits per heavy atom. The number of carbonyl (C=O) groups is 1. The van der Waals surface area contributed by atoms with Crippen LogP contribution in [0.1, 0.15) is 30.8 Å². The van der Waals surface area contributed by atoms with Gasteiger partial charge in [-0.1, -0.05) is 25.4 Å². The fourth-order valence-corrected chi connectivity index (χ4v) is 2.54. The van der Waals surface area contributed by atoms with Gasteiger partial charge in [0.15, 0.2) is 5.82 Å². The quantitative estimate of drug-likeness (QED) is 0.688. The van der Waals surface area contributed by atoms with Crippen molar-refractivity contribution in [3.8, 4) is 0 Å². The molecule has 0 spiro atoms. The normalized spacial score (nSPS) is 10.9. The highest BCUT2D eigenvalue weighted by Gasteiger charge is 2.19. The Bertz CT molecular complexity index is 683. The number of esters is 1. The van der Waals surface area contributed by atoms with Gasteiger partial charge in [0.1, 0.15) is 0 Å². The third-order valence-corrected chi connectivity index (χ3v) is 4.12. The van der Waals surface area contributed by atoms with Gasteiger partial charge in [-0.3, -0.25) is 0 Å². The minimum absolute atomic E-state index is 0.167. The van der Waals surface area contributed by atoms with Crippen LogP contribution in [0, 0.1) is 0 Å². The van der Waals surface area contributed by atoms with Crippen molar-refractivity contribution >= 4 is 29.1 Å². The van der Waals surface area contributed by atoms with Crippen LogP contribution in [0.25, 0.3) is 0 Å². The first-order valence-electron chi connectivity index (χ1n) is 8.35. The average molecular weight is 366 g/mol. The van der Waals surface area contributed by atoms with Crippen molar-refractivity contribution < 1.29 is 9.53 Å². The molecule has 0 amide bonds. The molecule has 0 aliphatic carbocycles. The van der Waals surface area contributed by atoms with Gasteiger partial charge in [0.05, 0.1) is 13.7 Å². The van der Waals surface area contributed by atoms with Gasteiger partial charge in [0.25, 0.3) is 0 Å². The predicted molar refractivity (Wildman–Crippen MR) is 98.5 cm³/mol. The maximum absolute atomic E-state index is 12.0. The Labute approximate surface area is 152 Å². The van der Waals surface area contributed by atoms with Gasteiger partial charge in [0.2, 0.25) is 5.69 Å². The van der Waals surface area contributed by atoms with Gasteiger partial charge >= 0.3 is 5.97 Å². The number of aryl methyl sites for hydroxylation is 1. The third kappa shape index (κ3) is 5.44. The summed E-state index contributed by atoms with van der Waals surface area (Å²) in [6.07, 6.45) is 0.900. The summed E-state index contributed by atoms with van der Waals surface area (Å²) in [5, 5.41) is 12.4. The van der Waals surface area contributed by atoms with Crippen molar-refractivity contribution in [2.24, 2.45) is 0 Å². The molecule has 0 aliphatic rings. The van der Waals surface area contributed by atoms with Gasteiger partial charge in [0, 0.05) is 10.7 Å². The van der Waals surface area contributed by atoms with Crippen LogP contribution in [-0.2, 0) is 11.3 Å². The maximum Gasteiger partial charge on any atom is 0.362 e. The number of carbonyl (C=O) groups excluding carboxylic acids is 1. The lowest BCUT2D eigenvalue weighted by atomic mass is 10.3. The predicted octanol–water partition coefficient (Wildman–Crippen LogP) is 3.19. The van der Waals surface area contributed by atoms with Crippen LogP contribution in [-0.4, -0.2) is 52.6 Å². The van der Waals surface area contributed by atoms with Crippen molar-refractivity contribution in [3.63, 3.8) is 0 Å². The number of hydrogen-bond donors (Lipinski definition) is 1. The van der Waals surface area contributed by atoms with Crippen LogP contribution in [0.3, 0.4) is 0 Å². The molecule has 0 fully saturated rings. The second kappa shape index (κ2) is 9.39. The van der Waals surface area contributed by atoms with E-state index < -0.39 is 5.97 Å². The topological polar surface area (TPSA) is 72.3 Å². The number of aromatic nitrogens is 3. The van der Waals surface area contributed by atoms with Gasteiger partial charge < -0.3 is 15.0 Å². The summed E-state index contributed by atoms with van der Waals surface area (Å²) in [6, 6.07) is 7.14. The molecule has 1 N–H and O–H groups in total. The van der Waals surface area contributed by atoms with Crippen molar-refractivity contribution in [1.29, 1.82) is 0 Å². The molecule has 7 nitrogen and oxygen atoms in total. The van der Waals surface area contributed by atoms with E-state index >= 15 is 0 Å². The zero-order chi connectivity index (χ0) is 18.2. The van der Waals surface area contributed by atoms with Crippen molar-refractivity contribution in [2.75, 3.05) is 32.1 Å². The molecule has 1 aromatic heterocycles. The Morgan fingerprint density at radius 1 is 1.24 bits per heavy atom. The van der Waals surface area contributed by atoms with E-state index in [4.69, 9.17) is 16.3 Å². The number of nitrogens with one attached hydrogen (secondary N) is 1. The molecule has 1 aromatic carbocycles. The highest BCUT2D eigenvalue weighted by molar-refractivity contribution is 6.30. The number of methoxy groups -OCH3 is 1. The van der Waals surface area contributed by atoms with Crippen molar-refractivity contribution in [1.82, 2.24) is 19.9 Å². The summed E-state index contributed by atoms with van der Waals surface area (Å²) in [6.45, 7) is 7.89. The van der Waals surface area contributed by atoms with Gasteiger partial charge in [-0.15, -0.1) is 10.2 Å². The zero-order valence-electron chi connectivity index (χ0n) is 14.8. The Hall–Kier alpha value is -2.12. The lowest BCUT2D eigenvalue weighted by Crippen LogP contribution is -2.25. The fraction of sp³-hybridized carbons (Fsp3) is 0.471. The van der Waals surface area contributed by atoms with E-state index in [1.807, 2.05) is 12.1 Å². The Morgan fingerprint density at radius 3 is 2.52 bits per heavy atom.